The van der Waals surface area contributed by atoms with Crippen molar-refractivity contribution in [3.63, 3.8) is 0 Å². The lowest BCUT2D eigenvalue weighted by molar-refractivity contribution is 0.512. The van der Waals surface area contributed by atoms with Gasteiger partial charge in [0.15, 0.2) is 0 Å². The molecule has 0 N–H and O–H groups in total. The molecule has 1 nitrogen and oxygen atoms in total. The van der Waals surface area contributed by atoms with E-state index in [2.05, 4.69) is 38.8 Å². The molecular formula is C11H9Br2ClOS. The molecular weight excluding hydrogens is 375 g/mol. The highest BCUT2D eigenvalue weighted by molar-refractivity contribution is 9.11. The summed E-state index contributed by atoms with van der Waals surface area (Å²) < 4.78 is 6.39. The van der Waals surface area contributed by atoms with Crippen LogP contribution >= 0.6 is 54.8 Å². The smallest absolute Gasteiger partial charge is 0.108 e. The van der Waals surface area contributed by atoms with Crippen molar-refractivity contribution in [2.24, 2.45) is 0 Å². The Labute approximate surface area is 120 Å². The van der Waals surface area contributed by atoms with E-state index < -0.39 is 0 Å². The van der Waals surface area contributed by atoms with Crippen molar-refractivity contribution in [2.75, 3.05) is 0 Å². The van der Waals surface area contributed by atoms with Crippen molar-refractivity contribution in [2.45, 2.75) is 18.2 Å². The SMILES string of the molecule is CCc1occc1C(Br)c1cc(Cl)c(Br)s1. The maximum absolute atomic E-state index is 6.03. The van der Waals surface area contributed by atoms with Gasteiger partial charge in [-0.1, -0.05) is 34.5 Å². The third-order valence-corrected chi connectivity index (χ3v) is 6.12. The van der Waals surface area contributed by atoms with E-state index in [1.807, 2.05) is 12.1 Å². The Morgan fingerprint density at radius 1 is 1.56 bits per heavy atom. The average Bonchev–Trinajstić information content (AvgIpc) is 2.85. The van der Waals surface area contributed by atoms with Gasteiger partial charge in [-0.15, -0.1) is 11.3 Å². The molecule has 0 radical (unpaired) electrons. The fraction of sp³-hybridized carbons (Fsp3) is 0.273. The molecule has 16 heavy (non-hydrogen) atoms. The molecule has 0 aliphatic carbocycles. The topological polar surface area (TPSA) is 13.1 Å². The molecule has 0 aliphatic heterocycles. The minimum absolute atomic E-state index is 0.148. The van der Waals surface area contributed by atoms with E-state index in [0.29, 0.717) is 0 Å². The Morgan fingerprint density at radius 3 is 2.88 bits per heavy atom. The van der Waals surface area contributed by atoms with E-state index in [1.165, 1.54) is 10.4 Å². The molecule has 0 aromatic carbocycles. The lowest BCUT2D eigenvalue weighted by Gasteiger charge is -2.06. The summed E-state index contributed by atoms with van der Waals surface area (Å²) in [6.07, 6.45) is 2.62. The van der Waals surface area contributed by atoms with Gasteiger partial charge >= 0.3 is 0 Å². The van der Waals surface area contributed by atoms with Crippen molar-refractivity contribution in [1.82, 2.24) is 0 Å². The van der Waals surface area contributed by atoms with E-state index in [0.717, 1.165) is 21.0 Å². The van der Waals surface area contributed by atoms with Crippen molar-refractivity contribution >= 4 is 54.8 Å². The molecule has 5 heteroatoms. The summed E-state index contributed by atoms with van der Waals surface area (Å²) in [7, 11) is 0. The highest BCUT2D eigenvalue weighted by Crippen LogP contribution is 2.42. The summed E-state index contributed by atoms with van der Waals surface area (Å²) in [6, 6.07) is 3.97. The van der Waals surface area contributed by atoms with Crippen LogP contribution in [0.5, 0.6) is 0 Å². The molecule has 86 valence electrons. The number of alkyl halides is 1. The maximum atomic E-state index is 6.03. The molecule has 0 spiro atoms. The summed E-state index contributed by atoms with van der Waals surface area (Å²) in [4.78, 5) is 1.32. The van der Waals surface area contributed by atoms with E-state index in [1.54, 1.807) is 17.6 Å². The van der Waals surface area contributed by atoms with Gasteiger partial charge < -0.3 is 4.42 Å². The van der Waals surface area contributed by atoms with Gasteiger partial charge in [0.05, 0.1) is 19.9 Å². The van der Waals surface area contributed by atoms with Crippen LogP contribution in [0.4, 0.5) is 0 Å². The number of furan rings is 1. The van der Waals surface area contributed by atoms with Crippen LogP contribution in [-0.4, -0.2) is 0 Å². The third kappa shape index (κ3) is 2.40. The normalized spacial score (nSPS) is 13.0. The number of thiophene rings is 1. The molecule has 2 heterocycles. The van der Waals surface area contributed by atoms with Gasteiger partial charge in [-0.2, -0.15) is 0 Å². The molecule has 0 fully saturated rings. The lowest BCUT2D eigenvalue weighted by Crippen LogP contribution is -1.91. The van der Waals surface area contributed by atoms with Crippen LogP contribution in [0.1, 0.15) is 28.0 Å². The first kappa shape index (κ1) is 12.7. The number of hydrogen-bond acceptors (Lipinski definition) is 2. The van der Waals surface area contributed by atoms with Gasteiger partial charge in [0.1, 0.15) is 5.76 Å². The summed E-state index contributed by atoms with van der Waals surface area (Å²) in [6.45, 7) is 2.08. The minimum atomic E-state index is 0.148. The Kier molecular flexibility index (Phi) is 4.16. The second-order valence-corrected chi connectivity index (χ2v) is 7.01. The highest BCUT2D eigenvalue weighted by Gasteiger charge is 2.19. The minimum Gasteiger partial charge on any atom is -0.469 e. The number of aryl methyl sites for hydroxylation is 1. The zero-order valence-electron chi connectivity index (χ0n) is 8.47. The van der Waals surface area contributed by atoms with Gasteiger partial charge in [0, 0.05) is 16.9 Å². The van der Waals surface area contributed by atoms with Crippen molar-refractivity contribution < 1.29 is 4.42 Å². The quantitative estimate of drug-likeness (QED) is 0.609. The number of hydrogen-bond donors (Lipinski definition) is 0. The Bertz CT molecular complexity index is 472. The van der Waals surface area contributed by atoms with Gasteiger partial charge in [0.25, 0.3) is 0 Å². The zero-order chi connectivity index (χ0) is 11.7. The predicted octanol–water partition coefficient (Wildman–Crippen LogP) is 5.80. The van der Waals surface area contributed by atoms with Crippen LogP contribution in [0.2, 0.25) is 5.02 Å². The second kappa shape index (κ2) is 5.25. The summed E-state index contributed by atoms with van der Waals surface area (Å²) in [5, 5.41) is 0.756. The summed E-state index contributed by atoms with van der Waals surface area (Å²) >= 11 is 14.8. The number of halogens is 3. The summed E-state index contributed by atoms with van der Waals surface area (Å²) in [5.41, 5.74) is 1.17. The zero-order valence-corrected chi connectivity index (χ0v) is 13.2. The molecule has 2 aromatic rings. The second-order valence-electron chi connectivity index (χ2n) is 3.29. The largest absolute Gasteiger partial charge is 0.469 e. The van der Waals surface area contributed by atoms with E-state index in [4.69, 9.17) is 16.0 Å². The van der Waals surface area contributed by atoms with Crippen LogP contribution in [0.3, 0.4) is 0 Å². The maximum Gasteiger partial charge on any atom is 0.108 e. The first-order valence-corrected chi connectivity index (χ1v) is 7.68. The van der Waals surface area contributed by atoms with Crippen LogP contribution in [0.15, 0.2) is 26.6 Å². The van der Waals surface area contributed by atoms with Crippen LogP contribution in [0, 0.1) is 0 Å². The van der Waals surface area contributed by atoms with Crippen molar-refractivity contribution in [1.29, 1.82) is 0 Å². The van der Waals surface area contributed by atoms with Gasteiger partial charge in [-0.3, -0.25) is 0 Å². The standard InChI is InChI=1S/C11H9Br2ClOS/c1-2-8-6(3-4-15-8)10(12)9-5-7(14)11(13)16-9/h3-5,10H,2H2,1H3. The Morgan fingerprint density at radius 2 is 2.31 bits per heavy atom. The average molecular weight is 385 g/mol. The molecule has 2 rings (SSSR count). The number of rotatable bonds is 3. The van der Waals surface area contributed by atoms with Crippen LogP contribution in [0.25, 0.3) is 0 Å². The highest BCUT2D eigenvalue weighted by atomic mass is 79.9. The van der Waals surface area contributed by atoms with Gasteiger partial charge in [0.2, 0.25) is 0 Å². The Balaban J connectivity index is 2.35. The monoisotopic (exact) mass is 382 g/mol. The van der Waals surface area contributed by atoms with Crippen LogP contribution < -0.4 is 0 Å². The lowest BCUT2D eigenvalue weighted by atomic mass is 10.1. The molecule has 1 atom stereocenters. The van der Waals surface area contributed by atoms with Gasteiger partial charge in [-0.25, -0.2) is 0 Å². The van der Waals surface area contributed by atoms with E-state index in [9.17, 15) is 0 Å². The summed E-state index contributed by atoms with van der Waals surface area (Å²) in [5.74, 6) is 1.02. The molecule has 0 aliphatic rings. The molecule has 2 aromatic heterocycles. The molecule has 0 saturated heterocycles. The molecule has 0 saturated carbocycles. The van der Waals surface area contributed by atoms with Crippen molar-refractivity contribution in [3.8, 4) is 0 Å². The van der Waals surface area contributed by atoms with E-state index >= 15 is 0 Å². The third-order valence-electron chi connectivity index (χ3n) is 2.29. The van der Waals surface area contributed by atoms with Gasteiger partial charge in [-0.05, 0) is 28.1 Å². The van der Waals surface area contributed by atoms with Crippen molar-refractivity contribution in [3.05, 3.63) is 43.4 Å². The first-order valence-electron chi connectivity index (χ1n) is 4.78. The predicted molar refractivity (Wildman–Crippen MR) is 75.9 cm³/mol. The Hall–Kier alpha value is 0.230. The fourth-order valence-electron chi connectivity index (χ4n) is 1.51. The van der Waals surface area contributed by atoms with E-state index in [-0.39, 0.29) is 4.83 Å². The first-order chi connectivity index (χ1) is 7.63. The fourth-order valence-corrected chi connectivity index (χ4v) is 4.07. The van der Waals surface area contributed by atoms with Crippen LogP contribution in [-0.2, 0) is 6.42 Å². The molecule has 0 amide bonds. The molecule has 1 unspecified atom stereocenters. The molecule has 0 bridgehead atoms.